The first kappa shape index (κ1) is 14.9. The predicted molar refractivity (Wildman–Crippen MR) is 91.5 cm³/mol. The largest absolute Gasteiger partial charge is 0.371 e. The molecule has 2 spiro atoms. The zero-order valence-electron chi connectivity index (χ0n) is 14.2. The molecule has 0 aromatic carbocycles. The van der Waals surface area contributed by atoms with Gasteiger partial charge in [0.1, 0.15) is 18.0 Å². The fourth-order valence-corrected chi connectivity index (χ4v) is 4.51. The monoisotopic (exact) mass is 330 g/mol. The molecule has 0 atom stereocenters. The summed E-state index contributed by atoms with van der Waals surface area (Å²) in [5.41, 5.74) is 0.191. The Morgan fingerprint density at radius 3 is 1.71 bits per heavy atom. The van der Waals surface area contributed by atoms with Crippen LogP contribution < -0.4 is 9.80 Å². The number of nitrogens with zero attached hydrogens (tertiary/aromatic N) is 4. The molecule has 0 N–H and O–H groups in total. The summed E-state index contributed by atoms with van der Waals surface area (Å²) in [4.78, 5) is 13.9. The van der Waals surface area contributed by atoms with Crippen molar-refractivity contribution in [2.75, 3.05) is 49.2 Å². The Bertz CT molecular complexity index is 566. The lowest BCUT2D eigenvalue weighted by Crippen LogP contribution is -2.56. The smallest absolute Gasteiger partial charge is 0.134 e. The van der Waals surface area contributed by atoms with Crippen molar-refractivity contribution >= 4 is 11.6 Å². The van der Waals surface area contributed by atoms with Gasteiger partial charge in [-0.3, -0.25) is 0 Å². The molecule has 1 aromatic rings. The maximum absolute atomic E-state index is 6.04. The number of anilines is 2. The summed E-state index contributed by atoms with van der Waals surface area (Å²) in [5, 5.41) is 0. The van der Waals surface area contributed by atoms with Crippen LogP contribution in [0.4, 0.5) is 11.6 Å². The van der Waals surface area contributed by atoms with Crippen LogP contribution >= 0.6 is 0 Å². The normalized spacial score (nSPS) is 27.8. The Labute approximate surface area is 143 Å². The van der Waals surface area contributed by atoms with Gasteiger partial charge in [-0.2, -0.15) is 0 Å². The molecule has 1 aromatic heterocycles. The summed E-state index contributed by atoms with van der Waals surface area (Å²) in [6.07, 6.45) is 9.05. The number of ether oxygens (including phenoxy) is 2. The maximum Gasteiger partial charge on any atom is 0.134 e. The van der Waals surface area contributed by atoms with Crippen LogP contribution in [0.25, 0.3) is 0 Å². The zero-order chi connectivity index (χ0) is 16.0. The molecule has 0 amide bonds. The van der Waals surface area contributed by atoms with E-state index in [0.717, 1.165) is 51.0 Å². The van der Waals surface area contributed by atoms with Crippen LogP contribution in [0, 0.1) is 0 Å². The number of morpholine rings is 2. The van der Waals surface area contributed by atoms with E-state index in [9.17, 15) is 0 Å². The highest BCUT2D eigenvalue weighted by Crippen LogP contribution is 2.40. The molecule has 6 heteroatoms. The van der Waals surface area contributed by atoms with Crippen LogP contribution in [-0.4, -0.2) is 60.6 Å². The fraction of sp³-hybridized carbons (Fsp3) is 0.778. The summed E-state index contributed by atoms with van der Waals surface area (Å²) in [6.45, 7) is 5.39. The molecule has 2 aliphatic carbocycles. The first-order valence-corrected chi connectivity index (χ1v) is 9.36. The molecule has 6 nitrogen and oxygen atoms in total. The molecule has 24 heavy (non-hydrogen) atoms. The Kier molecular flexibility index (Phi) is 3.45. The molecule has 5 rings (SSSR count). The van der Waals surface area contributed by atoms with E-state index in [1.54, 1.807) is 6.33 Å². The molecule has 4 fully saturated rings. The Balaban J connectivity index is 1.34. The summed E-state index contributed by atoms with van der Waals surface area (Å²) in [5.74, 6) is 2.09. The fourth-order valence-electron chi connectivity index (χ4n) is 4.51. The molecule has 130 valence electrons. The molecule has 0 bridgehead atoms. The summed E-state index contributed by atoms with van der Waals surface area (Å²) in [7, 11) is 0. The standard InChI is InChI=1S/C18H26N4O2/c1-3-17(4-1)12-21(7-9-23-17)15-11-16(20-14-19-15)22-8-10-24-18(13-22)5-2-6-18/h11,14H,1-10,12-13H2. The lowest BCUT2D eigenvalue weighted by atomic mass is 9.79. The van der Waals surface area contributed by atoms with E-state index < -0.39 is 0 Å². The van der Waals surface area contributed by atoms with E-state index in [-0.39, 0.29) is 11.2 Å². The van der Waals surface area contributed by atoms with Crippen molar-refractivity contribution in [3.63, 3.8) is 0 Å². The van der Waals surface area contributed by atoms with Gasteiger partial charge in [0.15, 0.2) is 0 Å². The highest BCUT2D eigenvalue weighted by molar-refractivity contribution is 5.51. The first-order valence-electron chi connectivity index (χ1n) is 9.36. The average molecular weight is 330 g/mol. The molecule has 4 aliphatic rings. The molecule has 2 saturated heterocycles. The van der Waals surface area contributed by atoms with E-state index in [1.165, 1.54) is 38.5 Å². The minimum absolute atomic E-state index is 0.0956. The first-order chi connectivity index (χ1) is 11.8. The molecule has 0 unspecified atom stereocenters. The second-order valence-corrected chi connectivity index (χ2v) is 7.85. The van der Waals surface area contributed by atoms with Crippen molar-refractivity contribution in [1.29, 1.82) is 0 Å². The van der Waals surface area contributed by atoms with Crippen LogP contribution in [-0.2, 0) is 9.47 Å². The molecule has 0 radical (unpaired) electrons. The molecular weight excluding hydrogens is 304 g/mol. The minimum atomic E-state index is 0.0956. The van der Waals surface area contributed by atoms with E-state index in [2.05, 4.69) is 25.8 Å². The van der Waals surface area contributed by atoms with Crippen LogP contribution in [0.2, 0.25) is 0 Å². The van der Waals surface area contributed by atoms with Gasteiger partial charge in [0.05, 0.1) is 24.4 Å². The Hall–Kier alpha value is -1.40. The van der Waals surface area contributed by atoms with Gasteiger partial charge in [-0.15, -0.1) is 0 Å². The molecule has 2 saturated carbocycles. The number of aromatic nitrogens is 2. The van der Waals surface area contributed by atoms with Crippen molar-refractivity contribution in [3.8, 4) is 0 Å². The van der Waals surface area contributed by atoms with Crippen LogP contribution in [0.1, 0.15) is 38.5 Å². The van der Waals surface area contributed by atoms with E-state index in [0.29, 0.717) is 0 Å². The minimum Gasteiger partial charge on any atom is -0.371 e. The van der Waals surface area contributed by atoms with Crippen molar-refractivity contribution in [2.45, 2.75) is 49.7 Å². The molecular formula is C18H26N4O2. The van der Waals surface area contributed by atoms with Gasteiger partial charge in [0, 0.05) is 32.2 Å². The number of rotatable bonds is 2. The second kappa shape index (κ2) is 5.56. The lowest BCUT2D eigenvalue weighted by Gasteiger charge is -2.49. The van der Waals surface area contributed by atoms with Gasteiger partial charge >= 0.3 is 0 Å². The highest BCUT2D eigenvalue weighted by Gasteiger charge is 2.43. The van der Waals surface area contributed by atoms with Gasteiger partial charge in [-0.1, -0.05) is 0 Å². The number of hydrogen-bond donors (Lipinski definition) is 0. The molecule has 3 heterocycles. The van der Waals surface area contributed by atoms with Gasteiger partial charge in [-0.25, -0.2) is 9.97 Å². The third-order valence-corrected chi connectivity index (χ3v) is 6.31. The summed E-state index contributed by atoms with van der Waals surface area (Å²) >= 11 is 0. The zero-order valence-corrected chi connectivity index (χ0v) is 14.2. The van der Waals surface area contributed by atoms with Crippen molar-refractivity contribution < 1.29 is 9.47 Å². The lowest BCUT2D eigenvalue weighted by molar-refractivity contribution is -0.107. The van der Waals surface area contributed by atoms with E-state index >= 15 is 0 Å². The van der Waals surface area contributed by atoms with Crippen molar-refractivity contribution in [2.24, 2.45) is 0 Å². The van der Waals surface area contributed by atoms with Gasteiger partial charge < -0.3 is 19.3 Å². The van der Waals surface area contributed by atoms with Gasteiger partial charge in [-0.05, 0) is 38.5 Å². The third kappa shape index (κ3) is 2.47. The second-order valence-electron chi connectivity index (χ2n) is 7.85. The number of hydrogen-bond acceptors (Lipinski definition) is 6. The van der Waals surface area contributed by atoms with Crippen LogP contribution in [0.5, 0.6) is 0 Å². The third-order valence-electron chi connectivity index (χ3n) is 6.31. The topological polar surface area (TPSA) is 50.7 Å². The SMILES string of the molecule is c1nc(N2CCOC3(CCC3)C2)cc(N2CCOC3(CCC3)C2)n1. The Morgan fingerprint density at radius 1 is 0.792 bits per heavy atom. The maximum atomic E-state index is 6.04. The molecule has 2 aliphatic heterocycles. The van der Waals surface area contributed by atoms with E-state index in [1.807, 2.05) is 0 Å². The van der Waals surface area contributed by atoms with Crippen molar-refractivity contribution in [3.05, 3.63) is 12.4 Å². The van der Waals surface area contributed by atoms with E-state index in [4.69, 9.17) is 9.47 Å². The summed E-state index contributed by atoms with van der Waals surface area (Å²) < 4.78 is 12.1. The van der Waals surface area contributed by atoms with Gasteiger partial charge in [0.2, 0.25) is 0 Å². The van der Waals surface area contributed by atoms with Crippen molar-refractivity contribution in [1.82, 2.24) is 9.97 Å². The van der Waals surface area contributed by atoms with Gasteiger partial charge in [0.25, 0.3) is 0 Å². The van der Waals surface area contributed by atoms with Crippen LogP contribution in [0.3, 0.4) is 0 Å². The summed E-state index contributed by atoms with van der Waals surface area (Å²) in [6, 6.07) is 2.16. The highest BCUT2D eigenvalue weighted by atomic mass is 16.5. The Morgan fingerprint density at radius 2 is 1.29 bits per heavy atom. The average Bonchev–Trinajstić information content (AvgIpc) is 2.59. The predicted octanol–water partition coefficient (Wildman–Crippen LogP) is 2.00. The quantitative estimate of drug-likeness (QED) is 0.827. The van der Waals surface area contributed by atoms with Crippen LogP contribution in [0.15, 0.2) is 12.4 Å².